The second kappa shape index (κ2) is 6.59. The molecule has 0 aromatic rings. The molecule has 0 bridgehead atoms. The molecule has 2 heteroatoms. The van der Waals surface area contributed by atoms with Gasteiger partial charge in [0, 0.05) is 6.42 Å². The Morgan fingerprint density at radius 2 is 1.59 bits per heavy atom. The van der Waals surface area contributed by atoms with Gasteiger partial charge in [-0.25, -0.2) is 0 Å². The van der Waals surface area contributed by atoms with Crippen LogP contribution in [0.25, 0.3) is 0 Å². The number of ether oxygens (including phenoxy) is 2. The van der Waals surface area contributed by atoms with E-state index in [0.29, 0.717) is 23.7 Å². The van der Waals surface area contributed by atoms with Crippen molar-refractivity contribution in [1.82, 2.24) is 0 Å². The quantitative estimate of drug-likeness (QED) is 0.653. The molecule has 0 aromatic carbocycles. The van der Waals surface area contributed by atoms with Gasteiger partial charge in [0.05, 0.1) is 0 Å². The molecule has 90 valence electrons. The van der Waals surface area contributed by atoms with Gasteiger partial charge in [0.15, 0.2) is 23.0 Å². The van der Waals surface area contributed by atoms with E-state index in [1.807, 2.05) is 38.2 Å². The van der Waals surface area contributed by atoms with Gasteiger partial charge >= 0.3 is 0 Å². The molecule has 1 aliphatic heterocycles. The van der Waals surface area contributed by atoms with Crippen molar-refractivity contribution in [2.75, 3.05) is 0 Å². The maximum Gasteiger partial charge on any atom is 0.169 e. The Labute approximate surface area is 103 Å². The number of allylic oxidation sites excluding steroid dienone is 6. The molecule has 1 heterocycles. The van der Waals surface area contributed by atoms with E-state index in [9.17, 15) is 0 Å². The molecule has 1 rings (SSSR count). The highest BCUT2D eigenvalue weighted by Crippen LogP contribution is 2.29. The van der Waals surface area contributed by atoms with Crippen LogP contribution in [0.4, 0.5) is 0 Å². The molecular formula is C15H18O2. The van der Waals surface area contributed by atoms with Crippen LogP contribution in [-0.2, 0) is 9.47 Å². The maximum atomic E-state index is 5.78. The lowest BCUT2D eigenvalue weighted by atomic mass is 10.2. The fraction of sp³-hybridized carbons (Fsp3) is 0.200. The number of hydrogen-bond donors (Lipinski definition) is 0. The Morgan fingerprint density at radius 1 is 0.941 bits per heavy atom. The van der Waals surface area contributed by atoms with Crippen molar-refractivity contribution in [1.29, 1.82) is 0 Å². The zero-order valence-electron chi connectivity index (χ0n) is 10.4. The fourth-order valence-corrected chi connectivity index (χ4v) is 1.42. The van der Waals surface area contributed by atoms with Crippen molar-refractivity contribution in [2.24, 2.45) is 0 Å². The van der Waals surface area contributed by atoms with Gasteiger partial charge in [0.2, 0.25) is 0 Å². The second-order valence-electron chi connectivity index (χ2n) is 3.42. The average molecular weight is 230 g/mol. The highest BCUT2D eigenvalue weighted by atomic mass is 16.6. The highest BCUT2D eigenvalue weighted by molar-refractivity contribution is 5.33. The molecule has 0 saturated carbocycles. The van der Waals surface area contributed by atoms with Crippen LogP contribution < -0.4 is 0 Å². The first-order chi connectivity index (χ1) is 8.26. The molecule has 2 nitrogen and oxygen atoms in total. The lowest BCUT2D eigenvalue weighted by molar-refractivity contribution is 0.195. The van der Waals surface area contributed by atoms with Crippen LogP contribution in [0.15, 0.2) is 72.7 Å². The van der Waals surface area contributed by atoms with Gasteiger partial charge in [-0.05, 0) is 32.1 Å². The molecular weight excluding hydrogens is 212 g/mol. The van der Waals surface area contributed by atoms with E-state index in [-0.39, 0.29) is 0 Å². The summed E-state index contributed by atoms with van der Waals surface area (Å²) in [7, 11) is 0. The molecule has 17 heavy (non-hydrogen) atoms. The van der Waals surface area contributed by atoms with Crippen LogP contribution in [0, 0.1) is 0 Å². The highest BCUT2D eigenvalue weighted by Gasteiger charge is 2.18. The van der Waals surface area contributed by atoms with Gasteiger partial charge in [-0.1, -0.05) is 24.8 Å². The first kappa shape index (κ1) is 13.1. The zero-order chi connectivity index (χ0) is 12.7. The van der Waals surface area contributed by atoms with Gasteiger partial charge < -0.3 is 9.47 Å². The summed E-state index contributed by atoms with van der Waals surface area (Å²) in [6.07, 6.45) is 11.6. The standard InChI is InChI=1S/C15H18O2/c1-5-9-13-12(8-4)16-14(10-6-2)15(17-13)11-7-3/h5-9,11H,2,4,10H2,1,3H3/b9-5-,11-7-. The van der Waals surface area contributed by atoms with E-state index in [1.165, 1.54) is 0 Å². The van der Waals surface area contributed by atoms with Crippen LogP contribution in [-0.4, -0.2) is 0 Å². The zero-order valence-corrected chi connectivity index (χ0v) is 10.4. The first-order valence-corrected chi connectivity index (χ1v) is 5.58. The predicted molar refractivity (Wildman–Crippen MR) is 70.9 cm³/mol. The SMILES string of the molecule is C=CCC1=C(/C=C\C)OC(/C=C\C)=C(C=C)O1. The van der Waals surface area contributed by atoms with Crippen molar-refractivity contribution >= 4 is 0 Å². The summed E-state index contributed by atoms with van der Waals surface area (Å²) in [5.74, 6) is 2.77. The monoisotopic (exact) mass is 230 g/mol. The van der Waals surface area contributed by atoms with E-state index in [0.717, 1.165) is 5.76 Å². The van der Waals surface area contributed by atoms with Gasteiger partial charge in [-0.15, -0.1) is 6.58 Å². The van der Waals surface area contributed by atoms with E-state index in [4.69, 9.17) is 9.47 Å². The average Bonchev–Trinajstić information content (AvgIpc) is 2.33. The smallest absolute Gasteiger partial charge is 0.169 e. The lowest BCUT2D eigenvalue weighted by Crippen LogP contribution is -2.07. The number of rotatable bonds is 5. The third-order valence-corrected chi connectivity index (χ3v) is 2.12. The summed E-state index contributed by atoms with van der Waals surface area (Å²) in [6, 6.07) is 0. The molecule has 0 fully saturated rings. The van der Waals surface area contributed by atoms with Crippen molar-refractivity contribution in [3.63, 3.8) is 0 Å². The van der Waals surface area contributed by atoms with E-state index in [1.54, 1.807) is 12.2 Å². The van der Waals surface area contributed by atoms with Crippen molar-refractivity contribution in [3.05, 3.63) is 72.7 Å². The normalized spacial score (nSPS) is 16.4. The third-order valence-electron chi connectivity index (χ3n) is 2.12. The van der Waals surface area contributed by atoms with E-state index in [2.05, 4.69) is 13.2 Å². The van der Waals surface area contributed by atoms with Gasteiger partial charge in [-0.2, -0.15) is 0 Å². The Hall–Kier alpha value is -1.96. The lowest BCUT2D eigenvalue weighted by Gasteiger charge is -2.21. The molecule has 0 radical (unpaired) electrons. The summed E-state index contributed by atoms with van der Waals surface area (Å²) >= 11 is 0. The van der Waals surface area contributed by atoms with Crippen LogP contribution in [0.1, 0.15) is 20.3 Å². The largest absolute Gasteiger partial charge is 0.454 e. The summed E-state index contributed by atoms with van der Waals surface area (Å²) in [5, 5.41) is 0. The van der Waals surface area contributed by atoms with Gasteiger partial charge in [0.1, 0.15) is 0 Å². The molecule has 0 spiro atoms. The fourth-order valence-electron chi connectivity index (χ4n) is 1.42. The van der Waals surface area contributed by atoms with E-state index < -0.39 is 0 Å². The third kappa shape index (κ3) is 3.25. The molecule has 0 unspecified atom stereocenters. The Kier molecular flexibility index (Phi) is 5.08. The summed E-state index contributed by atoms with van der Waals surface area (Å²) < 4.78 is 11.5. The molecule has 0 atom stereocenters. The van der Waals surface area contributed by atoms with Gasteiger partial charge in [-0.3, -0.25) is 0 Å². The number of hydrogen-bond acceptors (Lipinski definition) is 2. The Bertz CT molecular complexity index is 420. The second-order valence-corrected chi connectivity index (χ2v) is 3.42. The van der Waals surface area contributed by atoms with Crippen molar-refractivity contribution in [2.45, 2.75) is 20.3 Å². The van der Waals surface area contributed by atoms with Crippen molar-refractivity contribution < 1.29 is 9.47 Å². The molecule has 0 amide bonds. The predicted octanol–water partition coefficient (Wildman–Crippen LogP) is 4.37. The van der Waals surface area contributed by atoms with Gasteiger partial charge in [0.25, 0.3) is 0 Å². The van der Waals surface area contributed by atoms with Crippen LogP contribution in [0.5, 0.6) is 0 Å². The van der Waals surface area contributed by atoms with Crippen LogP contribution >= 0.6 is 0 Å². The Balaban J connectivity index is 3.08. The molecule has 0 saturated heterocycles. The minimum Gasteiger partial charge on any atom is -0.454 e. The van der Waals surface area contributed by atoms with E-state index >= 15 is 0 Å². The summed E-state index contributed by atoms with van der Waals surface area (Å²) in [4.78, 5) is 0. The molecule has 0 aromatic heterocycles. The Morgan fingerprint density at radius 3 is 2.12 bits per heavy atom. The maximum absolute atomic E-state index is 5.78. The molecule has 0 N–H and O–H groups in total. The molecule has 1 aliphatic rings. The molecule has 0 aliphatic carbocycles. The minimum absolute atomic E-state index is 0.625. The van der Waals surface area contributed by atoms with Crippen LogP contribution in [0.3, 0.4) is 0 Å². The topological polar surface area (TPSA) is 18.5 Å². The summed E-state index contributed by atoms with van der Waals surface area (Å²) in [6.45, 7) is 11.3. The first-order valence-electron chi connectivity index (χ1n) is 5.58. The van der Waals surface area contributed by atoms with Crippen molar-refractivity contribution in [3.8, 4) is 0 Å². The summed E-state index contributed by atoms with van der Waals surface area (Å²) in [5.41, 5.74) is 0. The minimum atomic E-state index is 0.625. The van der Waals surface area contributed by atoms with Crippen LogP contribution in [0.2, 0.25) is 0 Å².